The zero-order valence-electron chi connectivity index (χ0n) is 11.3. The van der Waals surface area contributed by atoms with Crippen molar-refractivity contribution in [2.75, 3.05) is 6.54 Å². The fourth-order valence-corrected chi connectivity index (χ4v) is 1.92. The summed E-state index contributed by atoms with van der Waals surface area (Å²) in [5.74, 6) is -1.22. The van der Waals surface area contributed by atoms with Gasteiger partial charge in [0.25, 0.3) is 5.91 Å². The molecule has 0 aliphatic carbocycles. The zero-order chi connectivity index (χ0) is 14.7. The van der Waals surface area contributed by atoms with Crippen LogP contribution in [-0.4, -0.2) is 38.5 Å². The highest BCUT2D eigenvalue weighted by Gasteiger charge is 2.12. The number of aromatic nitrogens is 3. The molecule has 0 aliphatic rings. The summed E-state index contributed by atoms with van der Waals surface area (Å²) in [6.45, 7) is 2.10. The van der Waals surface area contributed by atoms with E-state index in [4.69, 9.17) is 5.11 Å². The van der Waals surface area contributed by atoms with Gasteiger partial charge < -0.3 is 10.4 Å². The maximum absolute atomic E-state index is 12.0. The Morgan fingerprint density at radius 1 is 1.45 bits per heavy atom. The Bertz CT molecular complexity index is 650. The third kappa shape index (κ3) is 3.11. The van der Waals surface area contributed by atoms with E-state index in [0.29, 0.717) is 17.6 Å². The summed E-state index contributed by atoms with van der Waals surface area (Å²) < 4.78 is 1.63. The van der Waals surface area contributed by atoms with Gasteiger partial charge in [-0.05, 0) is 24.1 Å². The third-order valence-corrected chi connectivity index (χ3v) is 3.01. The number of carboxylic acids is 1. The first-order valence-corrected chi connectivity index (χ1v) is 6.27. The second-order valence-electron chi connectivity index (χ2n) is 4.83. The van der Waals surface area contributed by atoms with Gasteiger partial charge in [-0.15, -0.1) is 5.10 Å². The van der Waals surface area contributed by atoms with Crippen molar-refractivity contribution < 1.29 is 14.7 Å². The number of nitrogens with one attached hydrogen (secondary N) is 1. The quantitative estimate of drug-likeness (QED) is 0.842. The molecule has 0 fully saturated rings. The lowest BCUT2D eigenvalue weighted by molar-refractivity contribution is -0.137. The van der Waals surface area contributed by atoms with Crippen LogP contribution in [0.5, 0.6) is 0 Å². The summed E-state index contributed by atoms with van der Waals surface area (Å²) in [6.07, 6.45) is 0.0312. The number of carbonyl (C=O) groups excluding carboxylic acids is 1. The minimum atomic E-state index is -0.868. The second kappa shape index (κ2) is 5.68. The van der Waals surface area contributed by atoms with Crippen LogP contribution in [-0.2, 0) is 11.8 Å². The number of benzene rings is 1. The molecule has 7 nitrogen and oxygen atoms in total. The number of hydrogen-bond acceptors (Lipinski definition) is 4. The van der Waals surface area contributed by atoms with Gasteiger partial charge >= 0.3 is 5.97 Å². The topological polar surface area (TPSA) is 97.1 Å². The van der Waals surface area contributed by atoms with Crippen molar-refractivity contribution in [1.29, 1.82) is 0 Å². The van der Waals surface area contributed by atoms with E-state index in [1.165, 1.54) is 0 Å². The molecule has 106 valence electrons. The largest absolute Gasteiger partial charge is 0.481 e. The number of rotatable bonds is 5. The molecule has 2 aromatic rings. The van der Waals surface area contributed by atoms with Gasteiger partial charge in [-0.25, -0.2) is 4.68 Å². The smallest absolute Gasteiger partial charge is 0.303 e. The van der Waals surface area contributed by atoms with E-state index >= 15 is 0 Å². The summed E-state index contributed by atoms with van der Waals surface area (Å²) in [5, 5.41) is 19.2. The van der Waals surface area contributed by atoms with Gasteiger partial charge in [-0.2, -0.15) is 0 Å². The Balaban J connectivity index is 2.02. The maximum Gasteiger partial charge on any atom is 0.303 e. The number of carbonyl (C=O) groups is 2. The average molecular weight is 276 g/mol. The van der Waals surface area contributed by atoms with Gasteiger partial charge in [0.1, 0.15) is 5.52 Å². The van der Waals surface area contributed by atoms with Crippen molar-refractivity contribution in [2.45, 2.75) is 13.3 Å². The molecule has 2 rings (SSSR count). The number of fused-ring (bicyclic) bond motifs is 1. The molecule has 1 aromatic carbocycles. The first-order chi connectivity index (χ1) is 9.47. The van der Waals surface area contributed by atoms with Crippen LogP contribution in [0, 0.1) is 5.92 Å². The first kappa shape index (κ1) is 14.0. The summed E-state index contributed by atoms with van der Waals surface area (Å²) >= 11 is 0. The minimum Gasteiger partial charge on any atom is -0.481 e. The molecule has 1 atom stereocenters. The lowest BCUT2D eigenvalue weighted by Crippen LogP contribution is -2.29. The molecule has 1 amide bonds. The first-order valence-electron chi connectivity index (χ1n) is 6.27. The van der Waals surface area contributed by atoms with Crippen LogP contribution in [0.1, 0.15) is 23.7 Å². The number of carboxylic acid groups (broad SMARTS) is 1. The predicted molar refractivity (Wildman–Crippen MR) is 72.3 cm³/mol. The fourth-order valence-electron chi connectivity index (χ4n) is 1.92. The van der Waals surface area contributed by atoms with Crippen LogP contribution >= 0.6 is 0 Å². The lowest BCUT2D eigenvalue weighted by atomic mass is 10.1. The van der Waals surface area contributed by atoms with E-state index in [9.17, 15) is 9.59 Å². The molecule has 1 aromatic heterocycles. The summed E-state index contributed by atoms with van der Waals surface area (Å²) in [7, 11) is 1.78. The zero-order valence-corrected chi connectivity index (χ0v) is 11.3. The van der Waals surface area contributed by atoms with Crippen LogP contribution in [0.4, 0.5) is 0 Å². The molecular formula is C13H16N4O3. The molecule has 0 bridgehead atoms. The van der Waals surface area contributed by atoms with Crippen molar-refractivity contribution in [3.05, 3.63) is 23.8 Å². The standard InChI is InChI=1S/C13H16N4O3/c1-8(5-12(18)19)7-14-13(20)9-3-4-11-10(6-9)15-16-17(11)2/h3-4,6,8H,5,7H2,1-2H3,(H,14,20)(H,18,19). The molecule has 0 saturated carbocycles. The average Bonchev–Trinajstić information content (AvgIpc) is 2.76. The van der Waals surface area contributed by atoms with Gasteiger partial charge in [0.2, 0.25) is 0 Å². The highest BCUT2D eigenvalue weighted by atomic mass is 16.4. The van der Waals surface area contributed by atoms with Gasteiger partial charge in [-0.1, -0.05) is 12.1 Å². The molecule has 2 N–H and O–H groups in total. The SMILES string of the molecule is CC(CNC(=O)c1ccc2c(c1)nnn2C)CC(=O)O. The van der Waals surface area contributed by atoms with Gasteiger partial charge in [-0.3, -0.25) is 9.59 Å². The number of hydrogen-bond donors (Lipinski definition) is 2. The fraction of sp³-hybridized carbons (Fsp3) is 0.385. The number of amides is 1. The number of aliphatic carboxylic acids is 1. The number of aryl methyl sites for hydroxylation is 1. The van der Waals surface area contributed by atoms with E-state index < -0.39 is 5.97 Å². The molecule has 7 heteroatoms. The lowest BCUT2D eigenvalue weighted by Gasteiger charge is -2.10. The van der Waals surface area contributed by atoms with E-state index in [-0.39, 0.29) is 18.2 Å². The summed E-state index contributed by atoms with van der Waals surface area (Å²) in [5.41, 5.74) is 1.99. The van der Waals surface area contributed by atoms with Crippen molar-refractivity contribution in [2.24, 2.45) is 13.0 Å². The Kier molecular flexibility index (Phi) is 3.97. The summed E-state index contributed by atoms with van der Waals surface area (Å²) in [6, 6.07) is 5.15. The maximum atomic E-state index is 12.0. The molecule has 0 spiro atoms. The molecule has 1 heterocycles. The molecule has 0 aliphatic heterocycles. The van der Waals surface area contributed by atoms with E-state index in [0.717, 1.165) is 5.52 Å². The van der Waals surface area contributed by atoms with Gasteiger partial charge in [0.05, 0.1) is 5.52 Å². The summed E-state index contributed by atoms with van der Waals surface area (Å²) in [4.78, 5) is 22.5. The monoisotopic (exact) mass is 276 g/mol. The molecule has 20 heavy (non-hydrogen) atoms. The second-order valence-corrected chi connectivity index (χ2v) is 4.83. The van der Waals surface area contributed by atoms with Crippen LogP contribution < -0.4 is 5.32 Å². The van der Waals surface area contributed by atoms with E-state index in [2.05, 4.69) is 15.6 Å². The van der Waals surface area contributed by atoms with Crippen molar-refractivity contribution >= 4 is 22.9 Å². The molecular weight excluding hydrogens is 260 g/mol. The highest BCUT2D eigenvalue weighted by molar-refractivity contribution is 5.97. The van der Waals surface area contributed by atoms with Crippen molar-refractivity contribution in [3.8, 4) is 0 Å². The Labute approximate surface area is 115 Å². The van der Waals surface area contributed by atoms with E-state index in [1.54, 1.807) is 36.9 Å². The Morgan fingerprint density at radius 2 is 2.20 bits per heavy atom. The van der Waals surface area contributed by atoms with Crippen LogP contribution in [0.3, 0.4) is 0 Å². The molecule has 0 radical (unpaired) electrons. The normalized spacial score (nSPS) is 12.3. The van der Waals surface area contributed by atoms with Crippen molar-refractivity contribution in [1.82, 2.24) is 20.3 Å². The predicted octanol–water partition coefficient (Wildman–Crippen LogP) is 0.809. The van der Waals surface area contributed by atoms with Crippen molar-refractivity contribution in [3.63, 3.8) is 0 Å². The van der Waals surface area contributed by atoms with Gasteiger partial charge in [0.15, 0.2) is 0 Å². The molecule has 0 saturated heterocycles. The van der Waals surface area contributed by atoms with Crippen LogP contribution in [0.15, 0.2) is 18.2 Å². The van der Waals surface area contributed by atoms with Crippen LogP contribution in [0.2, 0.25) is 0 Å². The minimum absolute atomic E-state index is 0.0312. The van der Waals surface area contributed by atoms with Crippen LogP contribution in [0.25, 0.3) is 11.0 Å². The highest BCUT2D eigenvalue weighted by Crippen LogP contribution is 2.12. The Hall–Kier alpha value is -2.44. The Morgan fingerprint density at radius 3 is 2.90 bits per heavy atom. The third-order valence-electron chi connectivity index (χ3n) is 3.01. The van der Waals surface area contributed by atoms with Gasteiger partial charge in [0, 0.05) is 25.6 Å². The number of nitrogens with zero attached hydrogens (tertiary/aromatic N) is 3. The van der Waals surface area contributed by atoms with E-state index in [1.807, 2.05) is 0 Å². The molecule has 1 unspecified atom stereocenters.